The first kappa shape index (κ1) is 9.45. The summed E-state index contributed by atoms with van der Waals surface area (Å²) in [5, 5.41) is 11.4. The lowest BCUT2D eigenvalue weighted by atomic mass is 10.00. The zero-order chi connectivity index (χ0) is 9.97. The lowest BCUT2D eigenvalue weighted by molar-refractivity contribution is 0.378. The molecule has 1 fully saturated rings. The molecule has 1 N–H and O–H groups in total. The van der Waals surface area contributed by atoms with Crippen LogP contribution >= 0.6 is 0 Å². The molecule has 2 rings (SSSR count). The maximum absolute atomic E-state index is 5.55. The summed E-state index contributed by atoms with van der Waals surface area (Å²) >= 11 is 0. The second-order valence-electron chi connectivity index (χ2n) is 3.86. The third-order valence-electron chi connectivity index (χ3n) is 2.46. The van der Waals surface area contributed by atoms with Crippen LogP contribution in [0.2, 0.25) is 0 Å². The topological polar surface area (TPSA) is 54.2 Å². The van der Waals surface area contributed by atoms with Gasteiger partial charge in [-0.05, 0) is 19.4 Å². The van der Waals surface area contributed by atoms with Gasteiger partial charge >= 0.3 is 6.01 Å². The molecule has 1 aliphatic heterocycles. The van der Waals surface area contributed by atoms with Crippen LogP contribution in [0.25, 0.3) is 0 Å². The highest BCUT2D eigenvalue weighted by molar-refractivity contribution is 5.20. The lowest BCUT2D eigenvalue weighted by Crippen LogP contribution is -2.28. The summed E-state index contributed by atoms with van der Waals surface area (Å²) in [6.45, 7) is 2.06. The van der Waals surface area contributed by atoms with E-state index < -0.39 is 0 Å². The van der Waals surface area contributed by atoms with Crippen LogP contribution in [0.1, 0.15) is 24.7 Å². The van der Waals surface area contributed by atoms with Crippen molar-refractivity contribution in [1.82, 2.24) is 15.5 Å². The van der Waals surface area contributed by atoms with E-state index in [2.05, 4.69) is 15.5 Å². The van der Waals surface area contributed by atoms with E-state index in [1.807, 2.05) is 19.0 Å². The quantitative estimate of drug-likeness (QED) is 0.750. The van der Waals surface area contributed by atoms with Gasteiger partial charge in [-0.1, -0.05) is 5.10 Å². The molecule has 0 aromatic carbocycles. The minimum atomic E-state index is 0.393. The van der Waals surface area contributed by atoms with Gasteiger partial charge in [-0.2, -0.15) is 0 Å². The molecule has 0 amide bonds. The number of nitrogens with zero attached hydrogens (tertiary/aromatic N) is 3. The summed E-state index contributed by atoms with van der Waals surface area (Å²) in [7, 11) is 3.80. The van der Waals surface area contributed by atoms with Crippen molar-refractivity contribution < 1.29 is 4.42 Å². The van der Waals surface area contributed by atoms with Gasteiger partial charge < -0.3 is 14.6 Å². The highest BCUT2D eigenvalue weighted by Crippen LogP contribution is 2.23. The van der Waals surface area contributed by atoms with Crippen molar-refractivity contribution in [3.05, 3.63) is 5.89 Å². The van der Waals surface area contributed by atoms with Crippen molar-refractivity contribution >= 4 is 6.01 Å². The molecule has 5 nitrogen and oxygen atoms in total. The summed E-state index contributed by atoms with van der Waals surface area (Å²) in [6.07, 6.45) is 2.33. The van der Waals surface area contributed by atoms with Gasteiger partial charge in [0.2, 0.25) is 5.89 Å². The average Bonchev–Trinajstić information content (AvgIpc) is 2.68. The number of anilines is 1. The molecule has 0 radical (unpaired) electrons. The van der Waals surface area contributed by atoms with Crippen molar-refractivity contribution in [2.45, 2.75) is 18.8 Å². The summed E-state index contributed by atoms with van der Waals surface area (Å²) in [6, 6.07) is 0.588. The van der Waals surface area contributed by atoms with Gasteiger partial charge in [-0.3, -0.25) is 0 Å². The molecule has 1 aromatic rings. The monoisotopic (exact) mass is 196 g/mol. The first-order valence-corrected chi connectivity index (χ1v) is 4.99. The van der Waals surface area contributed by atoms with E-state index in [1.165, 1.54) is 6.42 Å². The first-order valence-electron chi connectivity index (χ1n) is 4.99. The van der Waals surface area contributed by atoms with Gasteiger partial charge in [0, 0.05) is 26.6 Å². The van der Waals surface area contributed by atoms with Crippen molar-refractivity contribution in [1.29, 1.82) is 0 Å². The third-order valence-corrected chi connectivity index (χ3v) is 2.46. The Morgan fingerprint density at radius 3 is 2.86 bits per heavy atom. The van der Waals surface area contributed by atoms with Crippen molar-refractivity contribution in [2.75, 3.05) is 32.1 Å². The van der Waals surface area contributed by atoms with E-state index in [4.69, 9.17) is 4.42 Å². The molecule has 5 heteroatoms. The van der Waals surface area contributed by atoms with Gasteiger partial charge in [0.25, 0.3) is 0 Å². The number of aromatic nitrogens is 2. The number of nitrogens with one attached hydrogen (secondary N) is 1. The third kappa shape index (κ3) is 1.87. The van der Waals surface area contributed by atoms with E-state index in [0.29, 0.717) is 11.9 Å². The molecular formula is C9H16N4O. The Balaban J connectivity index is 2.07. The zero-order valence-corrected chi connectivity index (χ0v) is 8.66. The van der Waals surface area contributed by atoms with E-state index in [1.54, 1.807) is 0 Å². The van der Waals surface area contributed by atoms with Gasteiger partial charge in [0.1, 0.15) is 0 Å². The summed E-state index contributed by atoms with van der Waals surface area (Å²) in [5.74, 6) is 1.16. The molecule has 1 aliphatic rings. The van der Waals surface area contributed by atoms with Crippen molar-refractivity contribution in [3.63, 3.8) is 0 Å². The fraction of sp³-hybridized carbons (Fsp3) is 0.778. The molecule has 0 bridgehead atoms. The summed E-state index contributed by atoms with van der Waals surface area (Å²) in [5.41, 5.74) is 0. The molecule has 14 heavy (non-hydrogen) atoms. The largest absolute Gasteiger partial charge is 0.408 e. The zero-order valence-electron chi connectivity index (χ0n) is 8.66. The molecule has 1 atom stereocenters. The SMILES string of the molecule is CN(C)c1nnc(C2CCCNC2)o1. The minimum absolute atomic E-state index is 0.393. The molecular weight excluding hydrogens is 180 g/mol. The molecule has 78 valence electrons. The Kier molecular flexibility index (Phi) is 2.67. The Bertz CT molecular complexity index is 291. The summed E-state index contributed by atoms with van der Waals surface area (Å²) < 4.78 is 5.55. The Morgan fingerprint density at radius 2 is 2.29 bits per heavy atom. The lowest BCUT2D eigenvalue weighted by Gasteiger charge is -2.19. The predicted octanol–water partition coefficient (Wildman–Crippen LogP) is 0.603. The van der Waals surface area contributed by atoms with Crippen LogP contribution in [0.4, 0.5) is 6.01 Å². The van der Waals surface area contributed by atoms with Gasteiger partial charge in [0.15, 0.2) is 0 Å². The van der Waals surface area contributed by atoms with Crippen LogP contribution in [0.15, 0.2) is 4.42 Å². The highest BCUT2D eigenvalue weighted by Gasteiger charge is 2.21. The molecule has 0 aliphatic carbocycles. The summed E-state index contributed by atoms with van der Waals surface area (Å²) in [4.78, 5) is 1.83. The maximum atomic E-state index is 5.55. The molecule has 2 heterocycles. The Morgan fingerprint density at radius 1 is 1.43 bits per heavy atom. The Labute approximate surface area is 83.5 Å². The van der Waals surface area contributed by atoms with Crippen LogP contribution in [-0.2, 0) is 0 Å². The van der Waals surface area contributed by atoms with Gasteiger partial charge in [0.05, 0.1) is 0 Å². The predicted molar refractivity (Wildman–Crippen MR) is 53.5 cm³/mol. The van der Waals surface area contributed by atoms with Crippen molar-refractivity contribution in [2.24, 2.45) is 0 Å². The fourth-order valence-corrected chi connectivity index (χ4v) is 1.63. The van der Waals surface area contributed by atoms with Crippen LogP contribution in [-0.4, -0.2) is 37.4 Å². The smallest absolute Gasteiger partial charge is 0.317 e. The molecule has 1 aromatic heterocycles. The number of hydrogen-bond donors (Lipinski definition) is 1. The first-order chi connectivity index (χ1) is 6.77. The molecule has 0 spiro atoms. The standard InChI is InChI=1S/C9H16N4O/c1-13(2)9-12-11-8(14-9)7-4-3-5-10-6-7/h7,10H,3-6H2,1-2H3. The maximum Gasteiger partial charge on any atom is 0.317 e. The number of piperidine rings is 1. The van der Waals surface area contributed by atoms with E-state index >= 15 is 0 Å². The van der Waals surface area contributed by atoms with Gasteiger partial charge in [-0.15, -0.1) is 5.10 Å². The van der Waals surface area contributed by atoms with E-state index in [-0.39, 0.29) is 0 Å². The molecule has 0 saturated carbocycles. The Hall–Kier alpha value is -1.10. The minimum Gasteiger partial charge on any atom is -0.408 e. The number of hydrogen-bond acceptors (Lipinski definition) is 5. The van der Waals surface area contributed by atoms with Crippen LogP contribution in [0, 0.1) is 0 Å². The molecule has 1 unspecified atom stereocenters. The van der Waals surface area contributed by atoms with E-state index in [9.17, 15) is 0 Å². The van der Waals surface area contributed by atoms with E-state index in [0.717, 1.165) is 25.4 Å². The molecule has 1 saturated heterocycles. The van der Waals surface area contributed by atoms with Crippen LogP contribution < -0.4 is 10.2 Å². The normalized spacial score (nSPS) is 22.3. The van der Waals surface area contributed by atoms with Gasteiger partial charge in [-0.25, -0.2) is 0 Å². The van der Waals surface area contributed by atoms with Crippen LogP contribution in [0.3, 0.4) is 0 Å². The average molecular weight is 196 g/mol. The highest BCUT2D eigenvalue weighted by atomic mass is 16.4. The second kappa shape index (κ2) is 3.96. The van der Waals surface area contributed by atoms with Crippen LogP contribution in [0.5, 0.6) is 0 Å². The second-order valence-corrected chi connectivity index (χ2v) is 3.86. The number of rotatable bonds is 2. The van der Waals surface area contributed by atoms with Crippen molar-refractivity contribution in [3.8, 4) is 0 Å². The fourth-order valence-electron chi connectivity index (χ4n) is 1.63.